The van der Waals surface area contributed by atoms with Crippen LogP contribution in [0.1, 0.15) is 65.7 Å². The third-order valence-corrected chi connectivity index (χ3v) is 9.32. The lowest BCUT2D eigenvalue weighted by atomic mass is 10.0. The number of likely N-dealkylation sites (N-methyl/N-ethyl adjacent to an activating group) is 1. The van der Waals surface area contributed by atoms with Crippen LogP contribution in [0.2, 0.25) is 0 Å². The van der Waals surface area contributed by atoms with Crippen LogP contribution in [0.3, 0.4) is 0 Å². The molecule has 55 heavy (non-hydrogen) atoms. The number of aromatic nitrogens is 6. The van der Waals surface area contributed by atoms with E-state index in [9.17, 15) is 9.59 Å². The van der Waals surface area contributed by atoms with Crippen molar-refractivity contribution in [3.05, 3.63) is 166 Å². The Balaban J connectivity index is 0.000000169. The van der Waals surface area contributed by atoms with Gasteiger partial charge in [-0.3, -0.25) is 19.6 Å². The second-order valence-electron chi connectivity index (χ2n) is 13.5. The number of fused-ring (bicyclic) bond motifs is 2. The molecule has 12 nitrogen and oxygen atoms in total. The number of ether oxygens (including phenoxy) is 2. The summed E-state index contributed by atoms with van der Waals surface area (Å²) in [6.07, 6.45) is 5.56. The van der Waals surface area contributed by atoms with E-state index in [1.165, 1.54) is 0 Å². The number of nitrogens with zero attached hydrogens (tertiary/aromatic N) is 7. The van der Waals surface area contributed by atoms with Gasteiger partial charge in [0.15, 0.2) is 11.6 Å². The SMILES string of the molecule is CN1CCc2ncc(C(=O)Cc3ccc(OCc4ccccc4)nn3)cc2C1.O=C(Cc1ccc(OCc2ccccc2)nn1)c1cnc2c(c1)CNCC2. The van der Waals surface area contributed by atoms with E-state index in [4.69, 9.17) is 9.47 Å². The number of nitrogens with one attached hydrogen (secondary N) is 1. The van der Waals surface area contributed by atoms with E-state index in [0.717, 1.165) is 72.7 Å². The summed E-state index contributed by atoms with van der Waals surface area (Å²) < 4.78 is 11.3. The Morgan fingerprint density at radius 3 is 1.71 bits per heavy atom. The highest BCUT2D eigenvalue weighted by Crippen LogP contribution is 2.19. The summed E-state index contributed by atoms with van der Waals surface area (Å²) >= 11 is 0. The zero-order valence-corrected chi connectivity index (χ0v) is 30.7. The molecule has 0 spiro atoms. The maximum atomic E-state index is 12.6. The predicted molar refractivity (Wildman–Crippen MR) is 206 cm³/mol. The van der Waals surface area contributed by atoms with Crippen molar-refractivity contribution in [3.63, 3.8) is 0 Å². The van der Waals surface area contributed by atoms with Crippen LogP contribution in [-0.4, -0.2) is 67.0 Å². The van der Waals surface area contributed by atoms with Gasteiger partial charge >= 0.3 is 0 Å². The summed E-state index contributed by atoms with van der Waals surface area (Å²) in [5.41, 5.74) is 9.00. The number of carbonyl (C=O) groups excluding carboxylic acids is 2. The maximum Gasteiger partial charge on any atom is 0.233 e. The second-order valence-corrected chi connectivity index (χ2v) is 13.5. The van der Waals surface area contributed by atoms with Crippen molar-refractivity contribution in [1.29, 1.82) is 0 Å². The van der Waals surface area contributed by atoms with E-state index in [1.807, 2.05) is 72.8 Å². The van der Waals surface area contributed by atoms with Gasteiger partial charge in [0.1, 0.15) is 13.2 Å². The molecule has 0 fully saturated rings. The Morgan fingerprint density at radius 2 is 1.18 bits per heavy atom. The highest BCUT2D eigenvalue weighted by molar-refractivity contribution is 5.97. The number of rotatable bonds is 12. The van der Waals surface area contributed by atoms with Gasteiger partial charge in [0, 0.05) is 86.1 Å². The van der Waals surface area contributed by atoms with Gasteiger partial charge < -0.3 is 19.7 Å². The number of benzene rings is 2. The van der Waals surface area contributed by atoms with Crippen molar-refractivity contribution < 1.29 is 19.1 Å². The van der Waals surface area contributed by atoms with E-state index in [1.54, 1.807) is 36.7 Å². The Kier molecular flexibility index (Phi) is 12.3. The first-order chi connectivity index (χ1) is 26.9. The molecule has 278 valence electrons. The largest absolute Gasteiger partial charge is 0.472 e. The predicted octanol–water partition coefficient (Wildman–Crippen LogP) is 5.39. The minimum atomic E-state index is -0.0110. The first-order valence-corrected chi connectivity index (χ1v) is 18.3. The highest BCUT2D eigenvalue weighted by Gasteiger charge is 2.18. The Bertz CT molecular complexity index is 2200. The van der Waals surface area contributed by atoms with Crippen LogP contribution < -0.4 is 14.8 Å². The van der Waals surface area contributed by atoms with Crippen LogP contribution >= 0.6 is 0 Å². The quantitative estimate of drug-likeness (QED) is 0.161. The summed E-state index contributed by atoms with van der Waals surface area (Å²) in [4.78, 5) is 36.3. The van der Waals surface area contributed by atoms with Crippen LogP contribution in [0.4, 0.5) is 0 Å². The molecule has 1 N–H and O–H groups in total. The molecule has 2 aliphatic rings. The minimum absolute atomic E-state index is 0.00391. The van der Waals surface area contributed by atoms with E-state index >= 15 is 0 Å². The van der Waals surface area contributed by atoms with Crippen molar-refractivity contribution in [2.45, 2.75) is 52.0 Å². The van der Waals surface area contributed by atoms with Crippen LogP contribution in [0, 0.1) is 0 Å². The summed E-state index contributed by atoms with van der Waals surface area (Å²) in [6.45, 7) is 4.39. The van der Waals surface area contributed by atoms with Crippen molar-refractivity contribution in [1.82, 2.24) is 40.6 Å². The van der Waals surface area contributed by atoms with E-state index in [0.29, 0.717) is 47.5 Å². The minimum Gasteiger partial charge on any atom is -0.472 e. The summed E-state index contributed by atoms with van der Waals surface area (Å²) in [6, 6.07) is 30.7. The number of Topliss-reactive ketones (excluding diaryl/α,β-unsaturated/α-hetero) is 2. The molecule has 12 heteroatoms. The highest BCUT2D eigenvalue weighted by atomic mass is 16.5. The first kappa shape index (κ1) is 37.1. The Labute approximate surface area is 320 Å². The van der Waals surface area contributed by atoms with Gasteiger partial charge in [0.05, 0.1) is 24.2 Å². The van der Waals surface area contributed by atoms with Gasteiger partial charge in [-0.05, 0) is 53.6 Å². The van der Waals surface area contributed by atoms with Gasteiger partial charge in [-0.15, -0.1) is 10.2 Å². The zero-order valence-electron chi connectivity index (χ0n) is 30.7. The summed E-state index contributed by atoms with van der Waals surface area (Å²) in [7, 11) is 2.08. The zero-order chi connectivity index (χ0) is 37.8. The summed E-state index contributed by atoms with van der Waals surface area (Å²) in [5.74, 6) is 0.869. The molecule has 6 heterocycles. The van der Waals surface area contributed by atoms with Gasteiger partial charge in [-0.2, -0.15) is 10.2 Å². The smallest absolute Gasteiger partial charge is 0.233 e. The van der Waals surface area contributed by atoms with Crippen molar-refractivity contribution in [2.24, 2.45) is 0 Å². The van der Waals surface area contributed by atoms with Crippen molar-refractivity contribution in [2.75, 3.05) is 20.1 Å². The normalized spacial score (nSPS) is 13.4. The maximum absolute atomic E-state index is 12.6. The number of ketones is 2. The van der Waals surface area contributed by atoms with Crippen LogP contribution in [0.25, 0.3) is 0 Å². The lowest BCUT2D eigenvalue weighted by molar-refractivity contribution is 0.0982. The molecule has 0 aliphatic carbocycles. The number of pyridine rings is 2. The average molecular weight is 735 g/mol. The lowest BCUT2D eigenvalue weighted by Gasteiger charge is -2.24. The fourth-order valence-corrected chi connectivity index (χ4v) is 6.25. The van der Waals surface area contributed by atoms with Gasteiger partial charge in [0.25, 0.3) is 0 Å². The van der Waals surface area contributed by atoms with Gasteiger partial charge in [0.2, 0.25) is 11.8 Å². The van der Waals surface area contributed by atoms with Crippen LogP contribution in [0.5, 0.6) is 11.8 Å². The molecule has 0 bridgehead atoms. The molecule has 0 radical (unpaired) electrons. The summed E-state index contributed by atoms with van der Waals surface area (Å²) in [5, 5.41) is 19.7. The molecule has 0 amide bonds. The van der Waals surface area contributed by atoms with Crippen molar-refractivity contribution >= 4 is 11.6 Å². The van der Waals surface area contributed by atoms with E-state index in [2.05, 4.69) is 47.6 Å². The standard InChI is InChI=1S/C22H22N4O2.C21H20N4O2/c1-26-10-9-20-18(14-26)11-17(13-23-20)21(27)12-19-7-8-22(25-24-19)28-15-16-5-3-2-4-6-16;26-20(17-10-16-12-22-9-8-19(16)23-13-17)11-18-6-7-21(25-24-18)27-14-15-4-2-1-3-5-15/h2-8,11,13H,9-10,12,14-15H2,1H3;1-7,10,13,22H,8-9,11-12,14H2. The lowest BCUT2D eigenvalue weighted by Crippen LogP contribution is -2.27. The van der Waals surface area contributed by atoms with Crippen LogP contribution in [-0.2, 0) is 52.0 Å². The topological polar surface area (TPSA) is 145 Å². The molecule has 8 rings (SSSR count). The molecule has 0 saturated heterocycles. The Hall–Kier alpha value is -6.24. The number of carbonyl (C=O) groups is 2. The fraction of sp³-hybridized carbons (Fsp3) is 0.256. The Morgan fingerprint density at radius 1 is 0.655 bits per heavy atom. The molecule has 4 aromatic heterocycles. The molecule has 2 aliphatic heterocycles. The van der Waals surface area contributed by atoms with Crippen molar-refractivity contribution in [3.8, 4) is 11.8 Å². The molecule has 0 atom stereocenters. The van der Waals surface area contributed by atoms with Gasteiger partial charge in [-0.25, -0.2) is 0 Å². The molecular weight excluding hydrogens is 693 g/mol. The third kappa shape index (κ3) is 10.5. The molecule has 0 unspecified atom stereocenters. The first-order valence-electron chi connectivity index (χ1n) is 18.3. The fourth-order valence-electron chi connectivity index (χ4n) is 6.25. The molecule has 2 aromatic carbocycles. The second kappa shape index (κ2) is 18.2. The third-order valence-electron chi connectivity index (χ3n) is 9.32. The molecule has 0 saturated carbocycles. The average Bonchev–Trinajstić information content (AvgIpc) is 3.23. The van der Waals surface area contributed by atoms with E-state index in [-0.39, 0.29) is 24.4 Å². The van der Waals surface area contributed by atoms with Gasteiger partial charge in [-0.1, -0.05) is 60.7 Å². The molecule has 6 aromatic rings. The van der Waals surface area contributed by atoms with E-state index < -0.39 is 0 Å². The van der Waals surface area contributed by atoms with Crippen LogP contribution in [0.15, 0.2) is 109 Å². The monoisotopic (exact) mass is 734 g/mol. The number of hydrogen-bond acceptors (Lipinski definition) is 12. The molecular formula is C43H42N8O4. The number of hydrogen-bond donors (Lipinski definition) is 1.